The van der Waals surface area contributed by atoms with Gasteiger partial charge in [-0.05, 0) is 24.5 Å². The first kappa shape index (κ1) is 14.0. The van der Waals surface area contributed by atoms with Gasteiger partial charge < -0.3 is 9.64 Å². The van der Waals surface area contributed by atoms with Gasteiger partial charge >= 0.3 is 0 Å². The van der Waals surface area contributed by atoms with Crippen LogP contribution in [0.5, 0.6) is 0 Å². The summed E-state index contributed by atoms with van der Waals surface area (Å²) in [7, 11) is 1.66. The van der Waals surface area contributed by atoms with Crippen molar-refractivity contribution in [3.8, 4) is 0 Å². The number of methoxy groups -OCH3 is 1. The van der Waals surface area contributed by atoms with Gasteiger partial charge in [0.2, 0.25) is 5.91 Å². The van der Waals surface area contributed by atoms with E-state index in [4.69, 9.17) is 4.74 Å². The lowest BCUT2D eigenvalue weighted by molar-refractivity contribution is -0.130. The summed E-state index contributed by atoms with van der Waals surface area (Å²) in [4.78, 5) is 14.2. The third kappa shape index (κ3) is 2.80. The molecular formula is C15H22N2O2. The average Bonchev–Trinajstić information content (AvgIpc) is 2.73. The van der Waals surface area contributed by atoms with Crippen molar-refractivity contribution >= 4 is 5.91 Å². The fraction of sp³-hybridized carbons (Fsp3) is 0.533. The Morgan fingerprint density at radius 3 is 2.74 bits per heavy atom. The summed E-state index contributed by atoms with van der Waals surface area (Å²) in [6, 6.07) is 8.11. The van der Waals surface area contributed by atoms with Crippen LogP contribution in [0.25, 0.3) is 0 Å². The predicted octanol–water partition coefficient (Wildman–Crippen LogP) is 1.85. The zero-order valence-corrected chi connectivity index (χ0v) is 11.8. The fourth-order valence-electron chi connectivity index (χ4n) is 2.55. The topological polar surface area (TPSA) is 41.6 Å². The quantitative estimate of drug-likeness (QED) is 0.880. The molecule has 0 radical (unpaired) electrons. The standard InChI is InChI=1S/C15H22N2O2/c1-4-13-15(18)17(9-10-19-3)14(16-13)12-8-6-5-7-11(12)2/h5-8,13-14,16H,4,9-10H2,1-3H3. The molecule has 1 N–H and O–H groups in total. The number of carbonyl (C=O) groups is 1. The van der Waals surface area contributed by atoms with Crippen molar-refractivity contribution in [1.29, 1.82) is 0 Å². The van der Waals surface area contributed by atoms with Crippen LogP contribution in [0.2, 0.25) is 0 Å². The molecule has 0 aromatic heterocycles. The Bertz CT molecular complexity index is 448. The molecule has 0 bridgehead atoms. The first-order chi connectivity index (χ1) is 9.19. The molecule has 0 saturated carbocycles. The molecule has 1 aliphatic rings. The van der Waals surface area contributed by atoms with E-state index in [0.717, 1.165) is 6.42 Å². The van der Waals surface area contributed by atoms with Crippen LogP contribution in [-0.4, -0.2) is 37.1 Å². The summed E-state index contributed by atoms with van der Waals surface area (Å²) >= 11 is 0. The van der Waals surface area contributed by atoms with E-state index >= 15 is 0 Å². The second kappa shape index (κ2) is 6.17. The minimum Gasteiger partial charge on any atom is -0.383 e. The second-order valence-corrected chi connectivity index (χ2v) is 4.91. The van der Waals surface area contributed by atoms with Crippen molar-refractivity contribution in [3.05, 3.63) is 35.4 Å². The van der Waals surface area contributed by atoms with Crippen molar-refractivity contribution in [3.63, 3.8) is 0 Å². The van der Waals surface area contributed by atoms with Gasteiger partial charge in [0.15, 0.2) is 0 Å². The van der Waals surface area contributed by atoms with E-state index in [9.17, 15) is 4.79 Å². The Morgan fingerprint density at radius 1 is 1.37 bits per heavy atom. The summed E-state index contributed by atoms with van der Waals surface area (Å²) < 4.78 is 5.11. The van der Waals surface area contributed by atoms with Gasteiger partial charge in [0.1, 0.15) is 6.17 Å². The zero-order valence-electron chi connectivity index (χ0n) is 11.8. The Hall–Kier alpha value is -1.39. The normalized spacial score (nSPS) is 23.1. The van der Waals surface area contributed by atoms with Crippen LogP contribution in [0.15, 0.2) is 24.3 Å². The van der Waals surface area contributed by atoms with E-state index in [0.29, 0.717) is 13.2 Å². The van der Waals surface area contributed by atoms with Crippen molar-refractivity contribution in [2.24, 2.45) is 0 Å². The number of amides is 1. The molecule has 1 aromatic carbocycles. The molecule has 1 amide bonds. The van der Waals surface area contributed by atoms with Crippen LogP contribution >= 0.6 is 0 Å². The summed E-state index contributed by atoms with van der Waals surface area (Å²) in [6.45, 7) is 5.30. The highest BCUT2D eigenvalue weighted by Crippen LogP contribution is 2.28. The van der Waals surface area contributed by atoms with Crippen molar-refractivity contribution in [1.82, 2.24) is 10.2 Å². The number of hydrogen-bond donors (Lipinski definition) is 1. The lowest BCUT2D eigenvalue weighted by Gasteiger charge is -2.25. The van der Waals surface area contributed by atoms with E-state index < -0.39 is 0 Å². The van der Waals surface area contributed by atoms with Crippen LogP contribution in [0.4, 0.5) is 0 Å². The third-order valence-electron chi connectivity index (χ3n) is 3.68. The summed E-state index contributed by atoms with van der Waals surface area (Å²) in [5, 5.41) is 3.43. The van der Waals surface area contributed by atoms with Gasteiger partial charge in [0.05, 0.1) is 12.6 Å². The Morgan fingerprint density at radius 2 is 2.11 bits per heavy atom. The Labute approximate surface area is 114 Å². The smallest absolute Gasteiger partial charge is 0.241 e. The number of hydrogen-bond acceptors (Lipinski definition) is 3. The summed E-state index contributed by atoms with van der Waals surface area (Å²) in [5.41, 5.74) is 2.37. The van der Waals surface area contributed by atoms with Gasteiger partial charge in [-0.25, -0.2) is 0 Å². The predicted molar refractivity (Wildman–Crippen MR) is 74.7 cm³/mol. The largest absolute Gasteiger partial charge is 0.383 e. The first-order valence-corrected chi connectivity index (χ1v) is 6.80. The van der Waals surface area contributed by atoms with Gasteiger partial charge in [0.25, 0.3) is 0 Å². The van der Waals surface area contributed by atoms with Gasteiger partial charge in [0, 0.05) is 13.7 Å². The van der Waals surface area contributed by atoms with Crippen LogP contribution < -0.4 is 5.32 Å². The van der Waals surface area contributed by atoms with Gasteiger partial charge in [-0.15, -0.1) is 0 Å². The van der Waals surface area contributed by atoms with Crippen molar-refractivity contribution in [2.75, 3.05) is 20.3 Å². The maximum Gasteiger partial charge on any atom is 0.241 e. The third-order valence-corrected chi connectivity index (χ3v) is 3.68. The Kier molecular flexibility index (Phi) is 4.56. The van der Waals surface area contributed by atoms with Crippen LogP contribution in [-0.2, 0) is 9.53 Å². The molecule has 0 aliphatic carbocycles. The van der Waals surface area contributed by atoms with Crippen molar-refractivity contribution in [2.45, 2.75) is 32.5 Å². The van der Waals surface area contributed by atoms with E-state index in [2.05, 4.69) is 24.4 Å². The van der Waals surface area contributed by atoms with Crippen LogP contribution in [0.1, 0.15) is 30.6 Å². The number of nitrogens with one attached hydrogen (secondary N) is 1. The Balaban J connectivity index is 2.26. The summed E-state index contributed by atoms with van der Waals surface area (Å²) in [5.74, 6) is 0.174. The minimum absolute atomic E-state index is 0.0335. The van der Waals surface area contributed by atoms with Gasteiger partial charge in [-0.3, -0.25) is 10.1 Å². The molecular weight excluding hydrogens is 240 g/mol. The van der Waals surface area contributed by atoms with Crippen LogP contribution in [0, 0.1) is 6.92 Å². The van der Waals surface area contributed by atoms with E-state index in [1.807, 2.05) is 24.0 Å². The SMILES string of the molecule is CCC1NC(c2ccccc2C)N(CCOC)C1=O. The zero-order chi connectivity index (χ0) is 13.8. The van der Waals surface area contributed by atoms with E-state index in [-0.39, 0.29) is 18.1 Å². The maximum atomic E-state index is 12.3. The number of aryl methyl sites for hydroxylation is 1. The molecule has 2 atom stereocenters. The molecule has 2 rings (SSSR count). The highest BCUT2D eigenvalue weighted by atomic mass is 16.5. The number of rotatable bonds is 5. The van der Waals surface area contributed by atoms with Gasteiger partial charge in [-0.2, -0.15) is 0 Å². The number of benzene rings is 1. The molecule has 4 heteroatoms. The molecule has 1 saturated heterocycles. The number of nitrogens with zero attached hydrogens (tertiary/aromatic N) is 1. The highest BCUT2D eigenvalue weighted by Gasteiger charge is 2.38. The molecule has 104 valence electrons. The van der Waals surface area contributed by atoms with Gasteiger partial charge in [-0.1, -0.05) is 31.2 Å². The number of ether oxygens (including phenoxy) is 1. The second-order valence-electron chi connectivity index (χ2n) is 4.91. The molecule has 19 heavy (non-hydrogen) atoms. The molecule has 0 spiro atoms. The van der Waals surface area contributed by atoms with E-state index in [1.165, 1.54) is 11.1 Å². The molecule has 1 aromatic rings. The maximum absolute atomic E-state index is 12.3. The number of carbonyl (C=O) groups excluding carboxylic acids is 1. The molecule has 2 unspecified atom stereocenters. The minimum atomic E-state index is -0.0820. The highest BCUT2D eigenvalue weighted by molar-refractivity contribution is 5.84. The van der Waals surface area contributed by atoms with Crippen LogP contribution in [0.3, 0.4) is 0 Å². The van der Waals surface area contributed by atoms with Crippen molar-refractivity contribution < 1.29 is 9.53 Å². The summed E-state index contributed by atoms with van der Waals surface area (Å²) in [6.07, 6.45) is 0.777. The molecule has 1 aliphatic heterocycles. The molecule has 4 nitrogen and oxygen atoms in total. The molecule has 1 heterocycles. The lowest BCUT2D eigenvalue weighted by Crippen LogP contribution is -2.34. The monoisotopic (exact) mass is 262 g/mol. The first-order valence-electron chi connectivity index (χ1n) is 6.80. The molecule has 1 fully saturated rings. The lowest BCUT2D eigenvalue weighted by atomic mass is 10.1. The average molecular weight is 262 g/mol. The van der Waals surface area contributed by atoms with E-state index in [1.54, 1.807) is 7.11 Å². The fourth-order valence-corrected chi connectivity index (χ4v) is 2.55.